The number of hydrogen-bond acceptors (Lipinski definition) is 2. The van der Waals surface area contributed by atoms with Crippen LogP contribution in [0.5, 0.6) is 0 Å². The van der Waals surface area contributed by atoms with E-state index in [9.17, 15) is 9.18 Å². The lowest BCUT2D eigenvalue weighted by molar-refractivity contribution is 0.0960. The molecule has 1 aromatic rings. The molecule has 0 fully saturated rings. The molecule has 1 unspecified atom stereocenters. The maximum Gasteiger partial charge on any atom is 0.163 e. The molecule has 88 valence electrons. The van der Waals surface area contributed by atoms with Crippen LogP contribution in [0.4, 0.5) is 4.39 Å². The fourth-order valence-corrected chi connectivity index (χ4v) is 1.66. The summed E-state index contributed by atoms with van der Waals surface area (Å²) in [7, 11) is 0. The van der Waals surface area contributed by atoms with Crippen molar-refractivity contribution in [2.75, 3.05) is 6.54 Å². The molecule has 2 N–H and O–H groups in total. The lowest BCUT2D eigenvalue weighted by Crippen LogP contribution is -2.18. The van der Waals surface area contributed by atoms with Gasteiger partial charge in [-0.15, -0.1) is 0 Å². The highest BCUT2D eigenvalue weighted by molar-refractivity contribution is 5.97. The normalized spacial score (nSPS) is 12.5. The molecule has 0 aliphatic carbocycles. The first-order valence-electron chi connectivity index (χ1n) is 5.57. The van der Waals surface area contributed by atoms with Crippen molar-refractivity contribution < 1.29 is 9.18 Å². The van der Waals surface area contributed by atoms with Crippen LogP contribution in [0, 0.1) is 18.7 Å². The summed E-state index contributed by atoms with van der Waals surface area (Å²) in [5, 5.41) is 0. The Labute approximate surface area is 95.7 Å². The van der Waals surface area contributed by atoms with E-state index in [2.05, 4.69) is 0 Å². The van der Waals surface area contributed by atoms with Crippen LogP contribution in [0.2, 0.25) is 0 Å². The Bertz CT molecular complexity index is 372. The Morgan fingerprint density at radius 3 is 2.75 bits per heavy atom. The van der Waals surface area contributed by atoms with Crippen molar-refractivity contribution >= 4 is 5.78 Å². The zero-order valence-electron chi connectivity index (χ0n) is 9.79. The third-order valence-electron chi connectivity index (χ3n) is 2.88. The number of aryl methyl sites for hydroxylation is 1. The molecular formula is C13H18FNO. The summed E-state index contributed by atoms with van der Waals surface area (Å²) in [6.45, 7) is 4.32. The molecule has 0 amide bonds. The fraction of sp³-hybridized carbons (Fsp3) is 0.462. The summed E-state index contributed by atoms with van der Waals surface area (Å²) in [4.78, 5) is 11.9. The van der Waals surface area contributed by atoms with E-state index in [-0.39, 0.29) is 17.5 Å². The van der Waals surface area contributed by atoms with Crippen LogP contribution in [-0.4, -0.2) is 12.3 Å². The van der Waals surface area contributed by atoms with Gasteiger partial charge in [0.1, 0.15) is 5.82 Å². The monoisotopic (exact) mass is 223 g/mol. The van der Waals surface area contributed by atoms with Crippen molar-refractivity contribution in [1.82, 2.24) is 0 Å². The van der Waals surface area contributed by atoms with Crippen molar-refractivity contribution in [2.24, 2.45) is 11.7 Å². The van der Waals surface area contributed by atoms with Gasteiger partial charge in [-0.1, -0.05) is 19.4 Å². The van der Waals surface area contributed by atoms with Gasteiger partial charge in [-0.3, -0.25) is 4.79 Å². The van der Waals surface area contributed by atoms with Crippen LogP contribution in [0.1, 0.15) is 35.7 Å². The molecule has 0 aliphatic heterocycles. The maximum absolute atomic E-state index is 13.0. The minimum atomic E-state index is -0.366. The van der Waals surface area contributed by atoms with Gasteiger partial charge in [0, 0.05) is 12.0 Å². The zero-order valence-corrected chi connectivity index (χ0v) is 9.79. The molecule has 0 heterocycles. The van der Waals surface area contributed by atoms with E-state index in [1.54, 1.807) is 6.07 Å². The molecule has 1 aromatic carbocycles. The lowest BCUT2D eigenvalue weighted by atomic mass is 9.94. The second-order valence-electron chi connectivity index (χ2n) is 4.10. The van der Waals surface area contributed by atoms with Gasteiger partial charge in [-0.2, -0.15) is 0 Å². The van der Waals surface area contributed by atoms with E-state index in [1.165, 1.54) is 12.1 Å². The standard InChI is InChI=1S/C13H18FNO/c1-3-10(8-15)6-13(16)12-7-11(14)5-4-9(12)2/h4-5,7,10H,3,6,8,15H2,1-2H3. The van der Waals surface area contributed by atoms with Crippen molar-refractivity contribution in [2.45, 2.75) is 26.7 Å². The first-order chi connectivity index (χ1) is 7.58. The van der Waals surface area contributed by atoms with E-state index in [0.29, 0.717) is 18.5 Å². The first kappa shape index (κ1) is 12.8. The summed E-state index contributed by atoms with van der Waals surface area (Å²) in [6, 6.07) is 4.30. The van der Waals surface area contributed by atoms with Gasteiger partial charge >= 0.3 is 0 Å². The number of Topliss-reactive ketones (excluding diaryl/α,β-unsaturated/α-hetero) is 1. The average molecular weight is 223 g/mol. The first-order valence-corrected chi connectivity index (χ1v) is 5.57. The van der Waals surface area contributed by atoms with Crippen molar-refractivity contribution in [1.29, 1.82) is 0 Å². The van der Waals surface area contributed by atoms with E-state index in [0.717, 1.165) is 12.0 Å². The van der Waals surface area contributed by atoms with E-state index < -0.39 is 0 Å². The topological polar surface area (TPSA) is 43.1 Å². The number of hydrogen-bond donors (Lipinski definition) is 1. The zero-order chi connectivity index (χ0) is 12.1. The second-order valence-corrected chi connectivity index (χ2v) is 4.10. The van der Waals surface area contributed by atoms with Crippen LogP contribution in [0.3, 0.4) is 0 Å². The molecule has 16 heavy (non-hydrogen) atoms. The molecule has 0 aliphatic rings. The molecule has 3 heteroatoms. The van der Waals surface area contributed by atoms with Crippen molar-refractivity contribution in [3.63, 3.8) is 0 Å². The fourth-order valence-electron chi connectivity index (χ4n) is 1.66. The van der Waals surface area contributed by atoms with E-state index >= 15 is 0 Å². The van der Waals surface area contributed by atoms with Gasteiger partial charge in [-0.05, 0) is 37.1 Å². The van der Waals surface area contributed by atoms with Crippen LogP contribution in [0.15, 0.2) is 18.2 Å². The Balaban J connectivity index is 2.83. The molecule has 0 radical (unpaired) electrons. The number of rotatable bonds is 5. The predicted molar refractivity (Wildman–Crippen MR) is 62.9 cm³/mol. The number of benzene rings is 1. The van der Waals surface area contributed by atoms with Crippen molar-refractivity contribution in [3.8, 4) is 0 Å². The Hall–Kier alpha value is -1.22. The molecule has 0 aromatic heterocycles. The van der Waals surface area contributed by atoms with Gasteiger partial charge in [0.05, 0.1) is 0 Å². The lowest BCUT2D eigenvalue weighted by Gasteiger charge is -2.12. The predicted octanol–water partition coefficient (Wildman–Crippen LogP) is 2.69. The van der Waals surface area contributed by atoms with Gasteiger partial charge in [0.25, 0.3) is 0 Å². The number of carbonyl (C=O) groups is 1. The molecular weight excluding hydrogens is 205 g/mol. The highest BCUT2D eigenvalue weighted by atomic mass is 19.1. The third-order valence-corrected chi connectivity index (χ3v) is 2.88. The van der Waals surface area contributed by atoms with Gasteiger partial charge in [0.2, 0.25) is 0 Å². The highest BCUT2D eigenvalue weighted by Crippen LogP contribution is 2.16. The van der Waals surface area contributed by atoms with E-state index in [1.807, 2.05) is 13.8 Å². The summed E-state index contributed by atoms with van der Waals surface area (Å²) >= 11 is 0. The SMILES string of the molecule is CCC(CN)CC(=O)c1cc(F)ccc1C. The Kier molecular flexibility index (Phi) is 4.62. The van der Waals surface area contributed by atoms with Gasteiger partial charge < -0.3 is 5.73 Å². The molecule has 0 spiro atoms. The Morgan fingerprint density at radius 2 is 2.19 bits per heavy atom. The summed E-state index contributed by atoms with van der Waals surface area (Å²) in [5.41, 5.74) is 6.85. The number of carbonyl (C=O) groups excluding carboxylic acids is 1. The molecule has 2 nitrogen and oxygen atoms in total. The van der Waals surface area contributed by atoms with Crippen LogP contribution < -0.4 is 5.73 Å². The molecule has 0 bridgehead atoms. The number of halogens is 1. The quantitative estimate of drug-likeness (QED) is 0.780. The molecule has 0 saturated carbocycles. The average Bonchev–Trinajstić information content (AvgIpc) is 2.28. The largest absolute Gasteiger partial charge is 0.330 e. The van der Waals surface area contributed by atoms with Crippen molar-refractivity contribution in [3.05, 3.63) is 35.1 Å². The smallest absolute Gasteiger partial charge is 0.163 e. The Morgan fingerprint density at radius 1 is 1.50 bits per heavy atom. The second kappa shape index (κ2) is 5.75. The molecule has 1 rings (SSSR count). The number of nitrogens with two attached hydrogens (primary N) is 1. The molecule has 0 saturated heterocycles. The van der Waals surface area contributed by atoms with Gasteiger partial charge in [0.15, 0.2) is 5.78 Å². The minimum absolute atomic E-state index is 0.0192. The van der Waals surface area contributed by atoms with Crippen LogP contribution in [0.25, 0.3) is 0 Å². The highest BCUT2D eigenvalue weighted by Gasteiger charge is 2.14. The van der Waals surface area contributed by atoms with Gasteiger partial charge in [-0.25, -0.2) is 4.39 Å². The summed E-state index contributed by atoms with van der Waals surface area (Å²) < 4.78 is 13.0. The third kappa shape index (κ3) is 3.14. The number of ketones is 1. The maximum atomic E-state index is 13.0. The summed E-state index contributed by atoms with van der Waals surface area (Å²) in [6.07, 6.45) is 1.27. The molecule has 1 atom stereocenters. The summed E-state index contributed by atoms with van der Waals surface area (Å²) in [5.74, 6) is -0.195. The van der Waals surface area contributed by atoms with E-state index in [4.69, 9.17) is 5.73 Å². The van der Waals surface area contributed by atoms with Crippen LogP contribution in [-0.2, 0) is 0 Å². The minimum Gasteiger partial charge on any atom is -0.330 e. The van der Waals surface area contributed by atoms with Crippen LogP contribution >= 0.6 is 0 Å².